The van der Waals surface area contributed by atoms with Gasteiger partial charge in [-0.05, 0) is 32.1 Å². The van der Waals surface area contributed by atoms with Crippen LogP contribution in [0.2, 0.25) is 0 Å². The van der Waals surface area contributed by atoms with Crippen LogP contribution in [0.15, 0.2) is 0 Å². The molecule has 0 aromatic heterocycles. The molecule has 0 amide bonds. The first-order valence-electron chi connectivity index (χ1n) is 5.63. The lowest BCUT2D eigenvalue weighted by Crippen LogP contribution is -3.20. The number of nitrogens with one attached hydrogen (secondary N) is 1. The van der Waals surface area contributed by atoms with Crippen molar-refractivity contribution in [1.82, 2.24) is 0 Å². The molecule has 1 nitrogen and oxygen atoms in total. The Balaban J connectivity index is 2.01. The lowest BCUT2D eigenvalue weighted by atomic mass is 9.83. The third kappa shape index (κ3) is 1.52. The number of piperidine rings is 2. The van der Waals surface area contributed by atoms with E-state index in [2.05, 4.69) is 13.8 Å². The van der Waals surface area contributed by atoms with E-state index in [0.29, 0.717) is 0 Å². The van der Waals surface area contributed by atoms with Crippen LogP contribution >= 0.6 is 0 Å². The van der Waals surface area contributed by atoms with Gasteiger partial charge < -0.3 is 4.90 Å². The maximum Gasteiger partial charge on any atom is 0.0879 e. The largest absolute Gasteiger partial charge is 0.330 e. The van der Waals surface area contributed by atoms with E-state index in [1.165, 1.54) is 38.6 Å². The summed E-state index contributed by atoms with van der Waals surface area (Å²) in [5.74, 6) is 0.992. The lowest BCUT2D eigenvalue weighted by molar-refractivity contribution is -0.959. The van der Waals surface area contributed by atoms with Gasteiger partial charge in [-0.3, -0.25) is 0 Å². The number of fused-ring (bicyclic) bond motifs is 1. The molecule has 0 saturated carbocycles. The summed E-state index contributed by atoms with van der Waals surface area (Å²) >= 11 is 0. The van der Waals surface area contributed by atoms with Gasteiger partial charge in [-0.1, -0.05) is 6.92 Å². The zero-order valence-corrected chi connectivity index (χ0v) is 8.47. The van der Waals surface area contributed by atoms with Crippen molar-refractivity contribution in [2.75, 3.05) is 6.54 Å². The average Bonchev–Trinajstić information content (AvgIpc) is 2.04. The van der Waals surface area contributed by atoms with E-state index in [-0.39, 0.29) is 0 Å². The highest BCUT2D eigenvalue weighted by molar-refractivity contribution is 4.73. The van der Waals surface area contributed by atoms with Crippen LogP contribution in [-0.2, 0) is 0 Å². The highest BCUT2D eigenvalue weighted by Crippen LogP contribution is 2.20. The van der Waals surface area contributed by atoms with Gasteiger partial charge in [0, 0.05) is 12.8 Å². The number of hydrogen-bond donors (Lipinski definition) is 1. The Kier molecular flexibility index (Phi) is 2.40. The van der Waals surface area contributed by atoms with E-state index < -0.39 is 0 Å². The minimum Gasteiger partial charge on any atom is -0.330 e. The molecular formula is C11H22N+. The van der Waals surface area contributed by atoms with Crippen molar-refractivity contribution < 1.29 is 4.90 Å². The predicted octanol–water partition coefficient (Wildman–Crippen LogP) is 1.24. The molecule has 2 aliphatic heterocycles. The molecule has 2 fully saturated rings. The second-order valence-corrected chi connectivity index (χ2v) is 5.00. The van der Waals surface area contributed by atoms with E-state index in [4.69, 9.17) is 0 Å². The topological polar surface area (TPSA) is 4.44 Å². The summed E-state index contributed by atoms with van der Waals surface area (Å²) in [6, 6.07) is 1.97. The van der Waals surface area contributed by atoms with E-state index in [0.717, 1.165) is 18.0 Å². The summed E-state index contributed by atoms with van der Waals surface area (Å²) in [5.41, 5.74) is 0. The van der Waals surface area contributed by atoms with Crippen LogP contribution in [0, 0.1) is 5.92 Å². The highest BCUT2D eigenvalue weighted by atomic mass is 15.2. The third-order valence-electron chi connectivity index (χ3n) is 3.87. The van der Waals surface area contributed by atoms with Gasteiger partial charge in [0.2, 0.25) is 0 Å². The molecule has 2 aliphatic rings. The lowest BCUT2D eigenvalue weighted by Gasteiger charge is -2.42. The van der Waals surface area contributed by atoms with Gasteiger partial charge in [0.05, 0.1) is 18.6 Å². The zero-order chi connectivity index (χ0) is 8.55. The van der Waals surface area contributed by atoms with Crippen LogP contribution in [0.3, 0.4) is 0 Å². The number of hydrogen-bond acceptors (Lipinski definition) is 0. The Morgan fingerprint density at radius 1 is 1.08 bits per heavy atom. The molecule has 0 bridgehead atoms. The smallest absolute Gasteiger partial charge is 0.0879 e. The minimum absolute atomic E-state index is 0.944. The summed E-state index contributed by atoms with van der Waals surface area (Å²) in [6.07, 6.45) is 7.44. The first-order valence-corrected chi connectivity index (χ1v) is 5.63. The van der Waals surface area contributed by atoms with E-state index >= 15 is 0 Å². The molecule has 0 aliphatic carbocycles. The molecule has 4 atom stereocenters. The van der Waals surface area contributed by atoms with Gasteiger partial charge in [-0.25, -0.2) is 0 Å². The summed E-state index contributed by atoms with van der Waals surface area (Å²) < 4.78 is 0. The number of quaternary nitrogens is 1. The SMILES string of the molecule is CC1C[C@@H](C)C[C@@H]2CCCC[NH+]12. The monoisotopic (exact) mass is 168 g/mol. The fourth-order valence-corrected chi connectivity index (χ4v) is 3.36. The molecule has 2 heterocycles. The molecule has 1 N–H and O–H groups in total. The van der Waals surface area contributed by atoms with Crippen molar-refractivity contribution >= 4 is 0 Å². The highest BCUT2D eigenvalue weighted by Gasteiger charge is 2.36. The molecule has 2 unspecified atom stereocenters. The molecule has 2 rings (SSSR count). The second kappa shape index (κ2) is 3.37. The fourth-order valence-electron chi connectivity index (χ4n) is 3.36. The Hall–Kier alpha value is -0.0400. The van der Waals surface area contributed by atoms with Crippen molar-refractivity contribution in [2.45, 2.75) is 58.0 Å². The molecule has 12 heavy (non-hydrogen) atoms. The van der Waals surface area contributed by atoms with E-state index in [9.17, 15) is 0 Å². The van der Waals surface area contributed by atoms with Crippen LogP contribution in [0.5, 0.6) is 0 Å². The summed E-state index contributed by atoms with van der Waals surface area (Å²) in [7, 11) is 0. The Bertz CT molecular complexity index is 155. The van der Waals surface area contributed by atoms with E-state index in [1.54, 1.807) is 0 Å². The van der Waals surface area contributed by atoms with Crippen molar-refractivity contribution in [3.05, 3.63) is 0 Å². The van der Waals surface area contributed by atoms with Gasteiger partial charge in [0.25, 0.3) is 0 Å². The van der Waals surface area contributed by atoms with E-state index in [1.807, 2.05) is 4.90 Å². The summed E-state index contributed by atoms with van der Waals surface area (Å²) in [6.45, 7) is 6.34. The molecule has 70 valence electrons. The van der Waals surface area contributed by atoms with Crippen LogP contribution in [-0.4, -0.2) is 18.6 Å². The average molecular weight is 168 g/mol. The summed E-state index contributed by atoms with van der Waals surface area (Å²) in [4.78, 5) is 1.93. The zero-order valence-electron chi connectivity index (χ0n) is 8.47. The molecule has 0 spiro atoms. The Labute approximate surface area is 76.1 Å². The van der Waals surface area contributed by atoms with Gasteiger partial charge >= 0.3 is 0 Å². The molecule has 2 saturated heterocycles. The van der Waals surface area contributed by atoms with Gasteiger partial charge in [0.1, 0.15) is 0 Å². The molecular weight excluding hydrogens is 146 g/mol. The second-order valence-electron chi connectivity index (χ2n) is 5.00. The van der Waals surface area contributed by atoms with Crippen LogP contribution in [0.1, 0.15) is 46.0 Å². The van der Waals surface area contributed by atoms with Crippen molar-refractivity contribution in [1.29, 1.82) is 0 Å². The molecule has 0 radical (unpaired) electrons. The summed E-state index contributed by atoms with van der Waals surface area (Å²) in [5, 5.41) is 0. The first kappa shape index (κ1) is 8.55. The minimum atomic E-state index is 0.944. The van der Waals surface area contributed by atoms with Crippen LogP contribution in [0.4, 0.5) is 0 Å². The van der Waals surface area contributed by atoms with Crippen molar-refractivity contribution in [3.8, 4) is 0 Å². The normalized spacial score (nSPS) is 48.5. The van der Waals surface area contributed by atoms with Gasteiger partial charge in [0.15, 0.2) is 0 Å². The van der Waals surface area contributed by atoms with Crippen molar-refractivity contribution in [3.63, 3.8) is 0 Å². The molecule has 0 aromatic rings. The first-order chi connectivity index (χ1) is 5.77. The maximum atomic E-state index is 2.45. The van der Waals surface area contributed by atoms with Crippen LogP contribution in [0.25, 0.3) is 0 Å². The number of rotatable bonds is 0. The fraction of sp³-hybridized carbons (Fsp3) is 1.00. The Morgan fingerprint density at radius 2 is 1.92 bits per heavy atom. The van der Waals surface area contributed by atoms with Gasteiger partial charge in [-0.2, -0.15) is 0 Å². The van der Waals surface area contributed by atoms with Crippen LogP contribution < -0.4 is 4.90 Å². The standard InChI is InChI=1S/C11H21N/c1-9-7-10(2)12-6-4-3-5-11(12)8-9/h9-11H,3-8H2,1-2H3/p+1/t9-,10?,11+/m1/s1. The Morgan fingerprint density at radius 3 is 2.75 bits per heavy atom. The predicted molar refractivity (Wildman–Crippen MR) is 51.3 cm³/mol. The maximum absolute atomic E-state index is 2.45. The molecule has 0 aromatic carbocycles. The van der Waals surface area contributed by atoms with Gasteiger partial charge in [-0.15, -0.1) is 0 Å². The quantitative estimate of drug-likeness (QED) is 0.555. The molecule has 1 heteroatoms. The third-order valence-corrected chi connectivity index (χ3v) is 3.87. The van der Waals surface area contributed by atoms with Crippen molar-refractivity contribution in [2.24, 2.45) is 5.92 Å².